The Morgan fingerprint density at radius 3 is 2.48 bits per heavy atom. The minimum atomic E-state index is -5.77. The number of hydrogen-bond donors (Lipinski definition) is 1. The third-order valence-electron chi connectivity index (χ3n) is 2.37. The van der Waals surface area contributed by atoms with Gasteiger partial charge in [-0.05, 0) is 17.7 Å². The maximum Gasteiger partial charge on any atom is 0.534 e. The number of carboxylic acids is 1. The van der Waals surface area contributed by atoms with E-state index in [1.165, 1.54) is 12.1 Å². The van der Waals surface area contributed by atoms with Crippen LogP contribution in [0.3, 0.4) is 0 Å². The summed E-state index contributed by atoms with van der Waals surface area (Å²) in [7, 11) is -4.61. The summed E-state index contributed by atoms with van der Waals surface area (Å²) in [6, 6.07) is 4.65. The molecule has 1 rings (SSSR count). The first kappa shape index (κ1) is 17.2. The van der Waals surface area contributed by atoms with Crippen LogP contribution in [-0.4, -0.2) is 38.2 Å². The topological polar surface area (TPSA) is 89.9 Å². The second-order valence-corrected chi connectivity index (χ2v) is 5.44. The van der Waals surface area contributed by atoms with Crippen molar-refractivity contribution in [3.63, 3.8) is 0 Å². The highest BCUT2D eigenvalue weighted by atomic mass is 32.2. The van der Waals surface area contributed by atoms with E-state index < -0.39 is 33.4 Å². The van der Waals surface area contributed by atoms with Gasteiger partial charge in [-0.3, -0.25) is 0 Å². The van der Waals surface area contributed by atoms with Crippen molar-refractivity contribution in [1.29, 1.82) is 0 Å². The molecule has 0 aliphatic carbocycles. The number of benzene rings is 1. The van der Waals surface area contributed by atoms with Gasteiger partial charge in [0.25, 0.3) is 0 Å². The van der Waals surface area contributed by atoms with Crippen molar-refractivity contribution in [3.05, 3.63) is 29.8 Å². The highest BCUT2D eigenvalue weighted by Gasteiger charge is 2.48. The monoisotopic (exact) mass is 328 g/mol. The van der Waals surface area contributed by atoms with Crippen LogP contribution in [0.1, 0.15) is 5.56 Å². The Morgan fingerprint density at radius 1 is 1.38 bits per heavy atom. The van der Waals surface area contributed by atoms with E-state index in [0.717, 1.165) is 19.2 Å². The van der Waals surface area contributed by atoms with E-state index in [4.69, 9.17) is 5.11 Å². The van der Waals surface area contributed by atoms with Gasteiger partial charge in [-0.25, -0.2) is 4.79 Å². The average molecular weight is 328 g/mol. The first-order chi connectivity index (χ1) is 9.56. The van der Waals surface area contributed by atoms with E-state index in [1.807, 2.05) is 0 Å². The van der Waals surface area contributed by atoms with Crippen LogP contribution in [0.2, 0.25) is 0 Å². The van der Waals surface area contributed by atoms with Crippen molar-refractivity contribution in [1.82, 2.24) is 0 Å². The smallest absolute Gasteiger partial charge is 0.479 e. The zero-order valence-corrected chi connectivity index (χ0v) is 11.4. The average Bonchev–Trinajstić information content (AvgIpc) is 2.34. The Balaban J connectivity index is 2.94. The van der Waals surface area contributed by atoms with Gasteiger partial charge in [-0.1, -0.05) is 12.1 Å². The van der Waals surface area contributed by atoms with Gasteiger partial charge in [0.15, 0.2) is 6.10 Å². The minimum absolute atomic E-state index is 0.158. The van der Waals surface area contributed by atoms with Crippen molar-refractivity contribution in [2.45, 2.75) is 18.0 Å². The van der Waals surface area contributed by atoms with Gasteiger partial charge in [0.1, 0.15) is 5.75 Å². The lowest BCUT2D eigenvalue weighted by atomic mass is 10.1. The minimum Gasteiger partial charge on any atom is -0.479 e. The van der Waals surface area contributed by atoms with Crippen LogP contribution in [0.4, 0.5) is 13.2 Å². The first-order valence-corrected chi connectivity index (χ1v) is 6.83. The third-order valence-corrected chi connectivity index (χ3v) is 3.35. The number of hydrogen-bond acceptors (Lipinski definition) is 5. The third kappa shape index (κ3) is 4.60. The fourth-order valence-electron chi connectivity index (χ4n) is 1.38. The number of carbonyl (C=O) groups is 1. The molecule has 1 aromatic rings. The molecule has 0 radical (unpaired) electrons. The van der Waals surface area contributed by atoms with Crippen molar-refractivity contribution >= 4 is 16.1 Å². The highest BCUT2D eigenvalue weighted by molar-refractivity contribution is 7.87. The lowest BCUT2D eigenvalue weighted by Gasteiger charge is -2.12. The molecule has 0 heterocycles. The maximum atomic E-state index is 12.2. The molecule has 21 heavy (non-hydrogen) atoms. The normalized spacial score (nSPS) is 13.7. The standard InChI is InChI=1S/C11H11F3O6S/c1-19-9(10(15)16)6-7-3-2-4-8(5-7)20-21(17,18)11(12,13)14/h2-5,9H,6H2,1H3,(H,15,16). The molecular weight excluding hydrogens is 317 g/mol. The molecule has 118 valence electrons. The Bertz CT molecular complexity index is 611. The van der Waals surface area contributed by atoms with Crippen molar-refractivity contribution in [2.24, 2.45) is 0 Å². The molecule has 6 nitrogen and oxygen atoms in total. The molecule has 1 N–H and O–H groups in total. The first-order valence-electron chi connectivity index (χ1n) is 5.42. The van der Waals surface area contributed by atoms with E-state index in [9.17, 15) is 26.4 Å². The number of halogens is 3. The predicted molar refractivity (Wildman–Crippen MR) is 64.2 cm³/mol. The largest absolute Gasteiger partial charge is 0.534 e. The second-order valence-electron chi connectivity index (χ2n) is 3.90. The van der Waals surface area contributed by atoms with Gasteiger partial charge in [-0.2, -0.15) is 21.6 Å². The van der Waals surface area contributed by atoms with Crippen LogP contribution in [0.25, 0.3) is 0 Å². The summed E-state index contributed by atoms with van der Waals surface area (Å²) in [6.45, 7) is 0. The number of ether oxygens (including phenoxy) is 1. The van der Waals surface area contributed by atoms with E-state index in [-0.39, 0.29) is 12.0 Å². The van der Waals surface area contributed by atoms with Gasteiger partial charge >= 0.3 is 21.6 Å². The fraction of sp³-hybridized carbons (Fsp3) is 0.364. The van der Waals surface area contributed by atoms with Crippen molar-refractivity contribution < 1.29 is 40.4 Å². The summed E-state index contributed by atoms with van der Waals surface area (Å²) >= 11 is 0. The summed E-state index contributed by atoms with van der Waals surface area (Å²) in [5, 5.41) is 8.80. The summed E-state index contributed by atoms with van der Waals surface area (Å²) < 4.78 is 66.9. The number of rotatable bonds is 6. The van der Waals surface area contributed by atoms with Crippen LogP contribution < -0.4 is 4.18 Å². The molecule has 0 saturated carbocycles. The van der Waals surface area contributed by atoms with Gasteiger partial charge in [0.05, 0.1) is 0 Å². The lowest BCUT2D eigenvalue weighted by molar-refractivity contribution is -0.148. The molecule has 10 heteroatoms. The van der Waals surface area contributed by atoms with Crippen LogP contribution in [0, 0.1) is 0 Å². The van der Waals surface area contributed by atoms with Crippen LogP contribution >= 0.6 is 0 Å². The Labute approximate surface area is 118 Å². The summed E-state index contributed by atoms with van der Waals surface area (Å²) in [6.07, 6.45) is -1.37. The Kier molecular flexibility index (Phi) is 5.18. The molecule has 0 amide bonds. The summed E-state index contributed by atoms with van der Waals surface area (Å²) in [5.41, 5.74) is -5.29. The molecule has 1 aromatic carbocycles. The molecular formula is C11H11F3O6S. The van der Waals surface area contributed by atoms with E-state index in [0.29, 0.717) is 0 Å². The van der Waals surface area contributed by atoms with Gasteiger partial charge < -0.3 is 14.0 Å². The zero-order valence-electron chi connectivity index (χ0n) is 10.6. The Morgan fingerprint density at radius 2 is 2.00 bits per heavy atom. The second kappa shape index (κ2) is 6.31. The van der Waals surface area contributed by atoms with Gasteiger partial charge in [0, 0.05) is 13.5 Å². The summed E-state index contributed by atoms with van der Waals surface area (Å²) in [5.74, 6) is -1.82. The van der Waals surface area contributed by atoms with E-state index in [1.54, 1.807) is 0 Å². The molecule has 0 aliphatic heterocycles. The summed E-state index contributed by atoms with van der Waals surface area (Å²) in [4.78, 5) is 10.8. The quantitative estimate of drug-likeness (QED) is 0.629. The molecule has 0 aromatic heterocycles. The number of carboxylic acid groups (broad SMARTS) is 1. The molecule has 0 fully saturated rings. The number of alkyl halides is 3. The van der Waals surface area contributed by atoms with Crippen LogP contribution in [0.5, 0.6) is 5.75 Å². The maximum absolute atomic E-state index is 12.2. The van der Waals surface area contributed by atoms with Crippen LogP contribution in [0.15, 0.2) is 24.3 Å². The van der Waals surface area contributed by atoms with Crippen LogP contribution in [-0.2, 0) is 26.1 Å². The lowest BCUT2D eigenvalue weighted by Crippen LogP contribution is -2.28. The van der Waals surface area contributed by atoms with Gasteiger partial charge in [0.2, 0.25) is 0 Å². The van der Waals surface area contributed by atoms with E-state index in [2.05, 4.69) is 8.92 Å². The molecule has 0 aliphatic rings. The Hall–Kier alpha value is -1.81. The number of aliphatic carboxylic acids is 1. The molecule has 0 spiro atoms. The number of methoxy groups -OCH3 is 1. The predicted octanol–water partition coefficient (Wildman–Crippen LogP) is 1.56. The van der Waals surface area contributed by atoms with Crippen molar-refractivity contribution in [2.75, 3.05) is 7.11 Å². The molecule has 1 atom stereocenters. The highest BCUT2D eigenvalue weighted by Crippen LogP contribution is 2.27. The fourth-order valence-corrected chi connectivity index (χ4v) is 1.84. The zero-order chi connectivity index (χ0) is 16.3. The van der Waals surface area contributed by atoms with Crippen molar-refractivity contribution in [3.8, 4) is 5.75 Å². The SMILES string of the molecule is COC(Cc1cccc(OS(=O)(=O)C(F)(F)F)c1)C(=O)O. The molecule has 0 saturated heterocycles. The van der Waals surface area contributed by atoms with Gasteiger partial charge in [-0.15, -0.1) is 0 Å². The molecule has 1 unspecified atom stereocenters. The van der Waals surface area contributed by atoms with E-state index >= 15 is 0 Å². The molecule has 0 bridgehead atoms.